The quantitative estimate of drug-likeness (QED) is 0.175. The molecule has 4 amide bonds. The van der Waals surface area contributed by atoms with Crippen LogP contribution in [0.25, 0.3) is 0 Å². The minimum absolute atomic E-state index is 0.00143. The van der Waals surface area contributed by atoms with Gasteiger partial charge in [0.15, 0.2) is 0 Å². The van der Waals surface area contributed by atoms with E-state index in [4.69, 9.17) is 0 Å². The number of rotatable bonds is 17. The number of benzene rings is 1. The molecule has 0 aliphatic rings. The highest BCUT2D eigenvalue weighted by Gasteiger charge is 2.29. The molecule has 4 N–H and O–H groups in total. The maximum absolute atomic E-state index is 13.3. The molecule has 0 saturated carbocycles. The first-order chi connectivity index (χ1) is 17.2. The fourth-order valence-electron chi connectivity index (χ4n) is 3.43. The zero-order valence-electron chi connectivity index (χ0n) is 21.4. The second-order valence-corrected chi connectivity index (χ2v) is 9.66. The number of methoxy groups -OCH3 is 1. The van der Waals surface area contributed by atoms with Crippen LogP contribution in [-0.2, 0) is 35.1 Å². The van der Waals surface area contributed by atoms with E-state index in [1.54, 1.807) is 11.8 Å². The van der Waals surface area contributed by atoms with Crippen molar-refractivity contribution in [3.8, 4) is 0 Å². The van der Waals surface area contributed by atoms with Gasteiger partial charge in [-0.1, -0.05) is 44.2 Å². The Kier molecular flexibility index (Phi) is 14.9. The van der Waals surface area contributed by atoms with Crippen molar-refractivity contribution in [2.45, 2.75) is 57.7 Å². The minimum Gasteiger partial charge on any atom is -0.469 e. The van der Waals surface area contributed by atoms with E-state index in [2.05, 4.69) is 26.0 Å². The van der Waals surface area contributed by atoms with Gasteiger partial charge >= 0.3 is 5.97 Å². The molecule has 1 rings (SSSR count). The Balaban J connectivity index is 3.00. The Bertz CT molecular complexity index is 852. The van der Waals surface area contributed by atoms with Gasteiger partial charge in [-0.2, -0.15) is 11.8 Å². The molecule has 1 aromatic carbocycles. The summed E-state index contributed by atoms with van der Waals surface area (Å²) in [5.74, 6) is -1.14. The number of carbonyl (C=O) groups excluding carboxylic acids is 5. The average molecular weight is 523 g/mol. The molecule has 11 heteroatoms. The molecule has 3 atom stereocenters. The standard InChI is InChI=1S/C25H38N4O6S/c1-17(2)14-20(28-24(33)19(27-16-30)11-13-36-4)25(34)29-21(15-18-8-6-5-7-9-18)23(32)26-12-10-22(31)35-3/h5-9,16-17,19-21H,10-15H2,1-4H3,(H,26,32)(H,27,30)(H,28,33)(H,29,34)/t19-,20-,21-/m0/s1. The third kappa shape index (κ3) is 12.1. The summed E-state index contributed by atoms with van der Waals surface area (Å²) in [6, 6.07) is 6.61. The number of hydrogen-bond acceptors (Lipinski definition) is 7. The summed E-state index contributed by atoms with van der Waals surface area (Å²) < 4.78 is 4.59. The third-order valence-corrected chi connectivity index (χ3v) is 5.95. The summed E-state index contributed by atoms with van der Waals surface area (Å²) in [5.41, 5.74) is 0.836. The minimum atomic E-state index is -0.926. The van der Waals surface area contributed by atoms with Gasteiger partial charge in [-0.3, -0.25) is 24.0 Å². The lowest BCUT2D eigenvalue weighted by atomic mass is 10.0. The first kappa shape index (κ1) is 31.0. The SMILES string of the molecule is COC(=O)CCNC(=O)[C@H](Cc1ccccc1)NC(=O)[C@H](CC(C)C)NC(=O)[C@H](CCSC)NC=O. The average Bonchev–Trinajstić information content (AvgIpc) is 2.85. The van der Waals surface area contributed by atoms with Gasteiger partial charge < -0.3 is 26.0 Å². The molecule has 10 nitrogen and oxygen atoms in total. The van der Waals surface area contributed by atoms with Crippen LogP contribution in [0.4, 0.5) is 0 Å². The summed E-state index contributed by atoms with van der Waals surface area (Å²) in [6.45, 7) is 3.90. The van der Waals surface area contributed by atoms with Crippen LogP contribution in [0.3, 0.4) is 0 Å². The molecule has 0 bridgehead atoms. The molecule has 0 aromatic heterocycles. The van der Waals surface area contributed by atoms with E-state index in [1.165, 1.54) is 7.11 Å². The molecule has 36 heavy (non-hydrogen) atoms. The van der Waals surface area contributed by atoms with E-state index in [0.717, 1.165) is 5.56 Å². The van der Waals surface area contributed by atoms with Crippen molar-refractivity contribution in [3.63, 3.8) is 0 Å². The van der Waals surface area contributed by atoms with Gasteiger partial charge in [0.1, 0.15) is 18.1 Å². The predicted octanol–water partition coefficient (Wildman–Crippen LogP) is 0.792. The van der Waals surface area contributed by atoms with Crippen molar-refractivity contribution in [1.29, 1.82) is 0 Å². The molecule has 0 unspecified atom stereocenters. The Morgan fingerprint density at radius 2 is 1.61 bits per heavy atom. The number of esters is 1. The van der Waals surface area contributed by atoms with E-state index < -0.39 is 41.8 Å². The largest absolute Gasteiger partial charge is 0.469 e. The van der Waals surface area contributed by atoms with Gasteiger partial charge in [-0.05, 0) is 36.3 Å². The van der Waals surface area contributed by atoms with Crippen molar-refractivity contribution < 1.29 is 28.7 Å². The zero-order chi connectivity index (χ0) is 26.9. The van der Waals surface area contributed by atoms with Crippen LogP contribution in [0.2, 0.25) is 0 Å². The first-order valence-electron chi connectivity index (χ1n) is 11.9. The summed E-state index contributed by atoms with van der Waals surface area (Å²) in [4.78, 5) is 61.4. The van der Waals surface area contributed by atoms with E-state index in [0.29, 0.717) is 25.0 Å². The molecule has 1 aromatic rings. The molecular weight excluding hydrogens is 484 g/mol. The molecule has 0 saturated heterocycles. The number of amides is 4. The highest BCUT2D eigenvalue weighted by Crippen LogP contribution is 2.09. The van der Waals surface area contributed by atoms with Crippen molar-refractivity contribution in [3.05, 3.63) is 35.9 Å². The van der Waals surface area contributed by atoms with Crippen LogP contribution < -0.4 is 21.3 Å². The number of ether oxygens (including phenoxy) is 1. The van der Waals surface area contributed by atoms with E-state index in [-0.39, 0.29) is 25.3 Å². The zero-order valence-corrected chi connectivity index (χ0v) is 22.2. The lowest BCUT2D eigenvalue weighted by Gasteiger charge is -2.26. The molecule has 0 fully saturated rings. The molecule has 0 spiro atoms. The maximum atomic E-state index is 13.3. The topological polar surface area (TPSA) is 143 Å². The molecule has 200 valence electrons. The Labute approximate surface area is 217 Å². The molecule has 0 radical (unpaired) electrons. The lowest BCUT2D eigenvalue weighted by Crippen LogP contribution is -2.57. The molecule has 0 aliphatic carbocycles. The van der Waals surface area contributed by atoms with Crippen LogP contribution in [-0.4, -0.2) is 73.9 Å². The number of nitrogens with one attached hydrogen (secondary N) is 4. The van der Waals surface area contributed by atoms with Gasteiger partial charge in [-0.15, -0.1) is 0 Å². The first-order valence-corrected chi connectivity index (χ1v) is 13.3. The van der Waals surface area contributed by atoms with E-state index in [1.807, 2.05) is 50.4 Å². The third-order valence-electron chi connectivity index (χ3n) is 5.31. The van der Waals surface area contributed by atoms with E-state index in [9.17, 15) is 24.0 Å². The normalized spacial score (nSPS) is 13.1. The number of thioether (sulfide) groups is 1. The second-order valence-electron chi connectivity index (χ2n) is 8.68. The van der Waals surface area contributed by atoms with Crippen molar-refractivity contribution in [1.82, 2.24) is 21.3 Å². The summed E-state index contributed by atoms with van der Waals surface area (Å²) in [7, 11) is 1.27. The van der Waals surface area contributed by atoms with Crippen LogP contribution >= 0.6 is 11.8 Å². The van der Waals surface area contributed by atoms with Gasteiger partial charge in [0.2, 0.25) is 24.1 Å². The Morgan fingerprint density at radius 3 is 2.19 bits per heavy atom. The Hall–Kier alpha value is -3.08. The number of hydrogen-bond donors (Lipinski definition) is 4. The lowest BCUT2D eigenvalue weighted by molar-refractivity contribution is -0.140. The van der Waals surface area contributed by atoms with Gasteiger partial charge in [0.05, 0.1) is 13.5 Å². The highest BCUT2D eigenvalue weighted by molar-refractivity contribution is 7.98. The summed E-state index contributed by atoms with van der Waals surface area (Å²) in [5, 5.41) is 10.7. The van der Waals surface area contributed by atoms with Crippen molar-refractivity contribution >= 4 is 41.9 Å². The van der Waals surface area contributed by atoms with E-state index >= 15 is 0 Å². The Morgan fingerprint density at radius 1 is 0.972 bits per heavy atom. The molecule has 0 aliphatic heterocycles. The predicted molar refractivity (Wildman–Crippen MR) is 139 cm³/mol. The molecule has 0 heterocycles. The summed E-state index contributed by atoms with van der Waals surface area (Å²) >= 11 is 1.54. The van der Waals surface area contributed by atoms with Gasteiger partial charge in [0.25, 0.3) is 0 Å². The van der Waals surface area contributed by atoms with Crippen LogP contribution in [0.15, 0.2) is 30.3 Å². The second kappa shape index (κ2) is 17.4. The fraction of sp³-hybridized carbons (Fsp3) is 0.560. The maximum Gasteiger partial charge on any atom is 0.307 e. The van der Waals surface area contributed by atoms with Crippen LogP contribution in [0.1, 0.15) is 38.7 Å². The van der Waals surface area contributed by atoms with Gasteiger partial charge in [-0.25, -0.2) is 0 Å². The highest BCUT2D eigenvalue weighted by atomic mass is 32.2. The van der Waals surface area contributed by atoms with Gasteiger partial charge in [0, 0.05) is 13.0 Å². The summed E-state index contributed by atoms with van der Waals surface area (Å²) in [6.07, 6.45) is 3.35. The van der Waals surface area contributed by atoms with Crippen LogP contribution in [0, 0.1) is 5.92 Å². The smallest absolute Gasteiger partial charge is 0.307 e. The van der Waals surface area contributed by atoms with Crippen molar-refractivity contribution in [2.75, 3.05) is 25.7 Å². The monoisotopic (exact) mass is 522 g/mol. The fourth-order valence-corrected chi connectivity index (χ4v) is 3.90. The van der Waals surface area contributed by atoms with Crippen LogP contribution in [0.5, 0.6) is 0 Å². The van der Waals surface area contributed by atoms with Crippen molar-refractivity contribution in [2.24, 2.45) is 5.92 Å². The molecular formula is C25H38N4O6S. The number of carbonyl (C=O) groups is 5.